The second kappa shape index (κ2) is 9.40. The average molecular weight is 308 g/mol. The second-order valence-corrected chi connectivity index (χ2v) is 10.3. The van der Waals surface area contributed by atoms with Crippen LogP contribution in [0.5, 0.6) is 0 Å². The van der Waals surface area contributed by atoms with E-state index in [4.69, 9.17) is 22.4 Å². The van der Waals surface area contributed by atoms with Crippen molar-refractivity contribution in [2.24, 2.45) is 0 Å². The van der Waals surface area contributed by atoms with Gasteiger partial charge < -0.3 is 22.4 Å². The summed E-state index contributed by atoms with van der Waals surface area (Å²) in [5, 5.41) is 0.129. The van der Waals surface area contributed by atoms with E-state index in [1.807, 2.05) is 6.92 Å². The van der Waals surface area contributed by atoms with Crippen LogP contribution in [0.2, 0.25) is 5.16 Å². The molecule has 0 N–H and O–H groups in total. The lowest BCUT2D eigenvalue weighted by Crippen LogP contribution is -2.49. The Bertz CT molecular complexity index is 285. The number of rotatable bonds is 10. The molecule has 0 amide bonds. The lowest BCUT2D eigenvalue weighted by molar-refractivity contribution is -0.139. The van der Waals surface area contributed by atoms with Crippen molar-refractivity contribution in [3.05, 3.63) is 12.2 Å². The van der Waals surface area contributed by atoms with Crippen LogP contribution in [0.15, 0.2) is 12.2 Å². The fourth-order valence-corrected chi connectivity index (χ4v) is 6.55. The smallest absolute Gasteiger partial charge is 0.460 e. The Morgan fingerprint density at radius 1 is 1.21 bits per heavy atom. The van der Waals surface area contributed by atoms with Gasteiger partial charge in [0.05, 0.1) is 6.61 Å². The molecule has 0 spiro atoms. The molecule has 8 heteroatoms. The first-order valence-electron chi connectivity index (χ1n) is 5.99. The van der Waals surface area contributed by atoms with Gasteiger partial charge in [-0.05, 0) is 6.92 Å². The third kappa shape index (κ3) is 5.98. The van der Waals surface area contributed by atoms with Gasteiger partial charge in [0.2, 0.25) is 0 Å². The van der Waals surface area contributed by atoms with Gasteiger partial charge >= 0.3 is 14.8 Å². The van der Waals surface area contributed by atoms with Crippen molar-refractivity contribution in [3.8, 4) is 0 Å². The maximum absolute atomic E-state index is 11.1. The molecule has 0 radical (unpaired) electrons. The quantitative estimate of drug-likeness (QED) is 0.252. The highest BCUT2D eigenvalue weighted by molar-refractivity contribution is 6.72. The Hall–Kier alpha value is -0.516. The summed E-state index contributed by atoms with van der Waals surface area (Å²) in [6.45, 7) is 7.70. The minimum Gasteiger partial charge on any atom is -0.460 e. The van der Waals surface area contributed by atoms with E-state index in [2.05, 4.69) is 6.58 Å². The molecule has 6 nitrogen and oxygen atoms in total. The minimum atomic E-state index is -2.61. The third-order valence-corrected chi connectivity index (χ3v) is 8.57. The molecular weight excluding hydrogens is 284 g/mol. The van der Waals surface area contributed by atoms with Crippen LogP contribution in [-0.4, -0.2) is 59.1 Å². The number of ether oxygens (including phenoxy) is 1. The second-order valence-electron chi connectivity index (χ2n) is 4.11. The molecule has 0 bridgehead atoms. The number of esters is 1. The predicted molar refractivity (Wildman–Crippen MR) is 76.5 cm³/mol. The first-order valence-corrected chi connectivity index (χ1v) is 9.19. The molecule has 0 saturated heterocycles. The SMILES string of the molecule is C=C(C)C(=O)OCCO[SiH2]C(C)[Si](OC)(OC)OC. The Morgan fingerprint density at radius 3 is 2.16 bits per heavy atom. The molecule has 0 aromatic rings. The topological polar surface area (TPSA) is 63.2 Å². The molecule has 0 saturated carbocycles. The van der Waals surface area contributed by atoms with Gasteiger partial charge in [0.1, 0.15) is 6.61 Å². The molecule has 1 unspecified atom stereocenters. The fraction of sp³-hybridized carbons (Fsp3) is 0.727. The van der Waals surface area contributed by atoms with E-state index < -0.39 is 24.5 Å². The average Bonchev–Trinajstić information content (AvgIpc) is 2.40. The van der Waals surface area contributed by atoms with Crippen molar-refractivity contribution >= 4 is 24.5 Å². The summed E-state index contributed by atoms with van der Waals surface area (Å²) in [7, 11) is 1.25. The van der Waals surface area contributed by atoms with Crippen LogP contribution < -0.4 is 0 Å². The van der Waals surface area contributed by atoms with Crippen LogP contribution >= 0.6 is 0 Å². The van der Waals surface area contributed by atoms with E-state index in [9.17, 15) is 4.79 Å². The molecule has 19 heavy (non-hydrogen) atoms. The number of hydrogen-bond donors (Lipinski definition) is 0. The van der Waals surface area contributed by atoms with Crippen LogP contribution in [0.4, 0.5) is 0 Å². The molecule has 0 aromatic carbocycles. The highest BCUT2D eigenvalue weighted by Gasteiger charge is 2.44. The lowest BCUT2D eigenvalue weighted by atomic mass is 10.4. The minimum absolute atomic E-state index is 0.129. The van der Waals surface area contributed by atoms with Crippen LogP contribution in [0.25, 0.3) is 0 Å². The van der Waals surface area contributed by atoms with Crippen molar-refractivity contribution in [1.29, 1.82) is 0 Å². The molecule has 0 heterocycles. The first kappa shape index (κ1) is 18.5. The fourth-order valence-electron chi connectivity index (χ4n) is 1.53. The van der Waals surface area contributed by atoms with Gasteiger partial charge in [-0.1, -0.05) is 13.5 Å². The van der Waals surface area contributed by atoms with Gasteiger partial charge in [-0.3, -0.25) is 0 Å². The first-order chi connectivity index (χ1) is 8.93. The summed E-state index contributed by atoms with van der Waals surface area (Å²) >= 11 is 0. The standard InChI is InChI=1S/C11H24O6Si2/c1-9(2)11(12)16-7-8-17-18-10(3)19(13-4,14-5)15-6/h10H,1,7-8,18H2,2-6H3. The van der Waals surface area contributed by atoms with Gasteiger partial charge in [0, 0.05) is 32.1 Å². The molecule has 0 fully saturated rings. The molecule has 112 valence electrons. The Morgan fingerprint density at radius 2 is 1.74 bits per heavy atom. The summed E-state index contributed by atoms with van der Waals surface area (Å²) < 4.78 is 26.6. The molecule has 0 aromatic heterocycles. The van der Waals surface area contributed by atoms with Crippen LogP contribution in [0, 0.1) is 0 Å². The molecular formula is C11H24O6Si2. The highest BCUT2D eigenvalue weighted by Crippen LogP contribution is 2.22. The van der Waals surface area contributed by atoms with Crippen molar-refractivity contribution in [2.75, 3.05) is 34.5 Å². The largest absolute Gasteiger partial charge is 0.502 e. The van der Waals surface area contributed by atoms with Gasteiger partial charge in [-0.15, -0.1) is 0 Å². The number of carbonyl (C=O) groups excluding carboxylic acids is 1. The van der Waals surface area contributed by atoms with Crippen molar-refractivity contribution < 1.29 is 27.2 Å². The molecule has 0 aliphatic carbocycles. The number of carbonyl (C=O) groups is 1. The Balaban J connectivity index is 3.94. The van der Waals surface area contributed by atoms with E-state index in [-0.39, 0.29) is 11.8 Å². The Kier molecular flexibility index (Phi) is 9.14. The third-order valence-electron chi connectivity index (χ3n) is 2.63. The number of hydrogen-bond acceptors (Lipinski definition) is 6. The van der Waals surface area contributed by atoms with Gasteiger partial charge in [0.15, 0.2) is 9.76 Å². The highest BCUT2D eigenvalue weighted by atomic mass is 28.4. The van der Waals surface area contributed by atoms with E-state index in [1.165, 1.54) is 0 Å². The van der Waals surface area contributed by atoms with Crippen LogP contribution in [-0.2, 0) is 27.2 Å². The van der Waals surface area contributed by atoms with Gasteiger partial charge in [0.25, 0.3) is 0 Å². The predicted octanol–water partition coefficient (Wildman–Crippen LogP) is 0.432. The van der Waals surface area contributed by atoms with E-state index in [1.54, 1.807) is 28.3 Å². The summed E-state index contributed by atoms with van der Waals surface area (Å²) in [6, 6.07) is 0. The monoisotopic (exact) mass is 308 g/mol. The van der Waals surface area contributed by atoms with Crippen molar-refractivity contribution in [3.63, 3.8) is 0 Å². The summed E-state index contributed by atoms with van der Waals surface area (Å²) in [5.74, 6) is -0.396. The Labute approximate surface area is 118 Å². The zero-order chi connectivity index (χ0) is 14.9. The summed E-state index contributed by atoms with van der Waals surface area (Å²) in [6.07, 6.45) is 0. The van der Waals surface area contributed by atoms with E-state index >= 15 is 0 Å². The maximum Gasteiger partial charge on any atom is 0.502 e. The molecule has 0 rings (SSSR count). The normalized spacial score (nSPS) is 13.7. The van der Waals surface area contributed by atoms with E-state index in [0.717, 1.165) is 0 Å². The van der Waals surface area contributed by atoms with Crippen LogP contribution in [0.3, 0.4) is 0 Å². The van der Waals surface area contributed by atoms with Crippen molar-refractivity contribution in [1.82, 2.24) is 0 Å². The van der Waals surface area contributed by atoms with Crippen molar-refractivity contribution in [2.45, 2.75) is 19.0 Å². The molecule has 1 atom stereocenters. The maximum atomic E-state index is 11.1. The zero-order valence-corrected chi connectivity index (χ0v) is 14.8. The molecule has 0 aliphatic heterocycles. The summed E-state index contributed by atoms with van der Waals surface area (Å²) in [5.41, 5.74) is 0.384. The lowest BCUT2D eigenvalue weighted by Gasteiger charge is -2.29. The molecule has 0 aliphatic rings. The van der Waals surface area contributed by atoms with Gasteiger partial charge in [-0.2, -0.15) is 0 Å². The van der Waals surface area contributed by atoms with E-state index in [0.29, 0.717) is 12.2 Å². The zero-order valence-electron chi connectivity index (χ0n) is 12.4. The van der Waals surface area contributed by atoms with Crippen LogP contribution in [0.1, 0.15) is 13.8 Å². The van der Waals surface area contributed by atoms with Gasteiger partial charge in [-0.25, -0.2) is 4.79 Å². The summed E-state index contributed by atoms with van der Waals surface area (Å²) in [4.78, 5) is 11.1.